The van der Waals surface area contributed by atoms with E-state index < -0.39 is 0 Å². The lowest BCUT2D eigenvalue weighted by Crippen LogP contribution is -2.41. The Morgan fingerprint density at radius 3 is 2.64 bits per heavy atom. The van der Waals surface area contributed by atoms with Crippen LogP contribution in [0, 0.1) is 0 Å². The van der Waals surface area contributed by atoms with E-state index in [1.54, 1.807) is 14.2 Å². The molecule has 2 aliphatic rings. The molecule has 0 amide bonds. The van der Waals surface area contributed by atoms with Gasteiger partial charge in [-0.1, -0.05) is 0 Å². The Balaban J connectivity index is 1.34. The molecule has 2 aromatic rings. The van der Waals surface area contributed by atoms with Gasteiger partial charge in [-0.2, -0.15) is 4.37 Å². The standard InChI is InChI=1S/C20H29N5O2S/c1-26-17-6-3-10-21-18(17)15-7-12-24(13-8-15)16-5-4-11-25(14-9-16)19-20(27-2)23-28-22-19/h3,6,10,15-16H,4-5,7-9,11-14H2,1-2H3. The van der Waals surface area contributed by atoms with Crippen LogP contribution in [-0.2, 0) is 0 Å². The SMILES string of the molecule is COc1cccnc1C1CCN(C2CCCN(c3nsnc3OC)CC2)CC1. The van der Waals surface area contributed by atoms with Gasteiger partial charge in [0.25, 0.3) is 5.88 Å². The number of rotatable bonds is 5. The molecule has 2 aromatic heterocycles. The number of ether oxygens (including phenoxy) is 2. The van der Waals surface area contributed by atoms with Gasteiger partial charge in [0.15, 0.2) is 0 Å². The molecular formula is C20H29N5O2S. The van der Waals surface area contributed by atoms with Crippen molar-refractivity contribution in [1.82, 2.24) is 18.6 Å². The number of aromatic nitrogens is 3. The lowest BCUT2D eigenvalue weighted by molar-refractivity contribution is 0.140. The van der Waals surface area contributed by atoms with Crippen LogP contribution in [0.1, 0.15) is 43.7 Å². The highest BCUT2D eigenvalue weighted by atomic mass is 32.1. The Morgan fingerprint density at radius 1 is 1.00 bits per heavy atom. The minimum absolute atomic E-state index is 0.500. The van der Waals surface area contributed by atoms with Gasteiger partial charge in [-0.15, -0.1) is 4.37 Å². The van der Waals surface area contributed by atoms with E-state index in [-0.39, 0.29) is 0 Å². The first-order valence-electron chi connectivity index (χ1n) is 10.1. The molecule has 7 nitrogen and oxygen atoms in total. The molecule has 0 radical (unpaired) electrons. The number of hydrogen-bond donors (Lipinski definition) is 0. The van der Waals surface area contributed by atoms with Gasteiger partial charge in [0.2, 0.25) is 5.82 Å². The Morgan fingerprint density at radius 2 is 1.86 bits per heavy atom. The first kappa shape index (κ1) is 19.4. The molecule has 0 saturated carbocycles. The Kier molecular flexibility index (Phi) is 6.26. The Hall–Kier alpha value is -1.93. The molecule has 8 heteroatoms. The highest BCUT2D eigenvalue weighted by Gasteiger charge is 2.30. The molecule has 1 atom stereocenters. The van der Waals surface area contributed by atoms with Crippen molar-refractivity contribution in [2.75, 3.05) is 45.3 Å². The summed E-state index contributed by atoms with van der Waals surface area (Å²) in [5.74, 6) is 3.00. The van der Waals surface area contributed by atoms with Crippen LogP contribution in [0.25, 0.3) is 0 Å². The Bertz CT molecular complexity index is 763. The predicted molar refractivity (Wildman–Crippen MR) is 111 cm³/mol. The summed E-state index contributed by atoms with van der Waals surface area (Å²) in [6.45, 7) is 4.31. The van der Waals surface area contributed by atoms with E-state index in [0.29, 0.717) is 17.8 Å². The van der Waals surface area contributed by atoms with Crippen molar-refractivity contribution in [2.45, 2.75) is 44.1 Å². The first-order valence-corrected chi connectivity index (χ1v) is 10.9. The summed E-state index contributed by atoms with van der Waals surface area (Å²) in [5, 5.41) is 0. The number of hydrogen-bond acceptors (Lipinski definition) is 8. The van der Waals surface area contributed by atoms with Crippen LogP contribution in [0.5, 0.6) is 11.6 Å². The largest absolute Gasteiger partial charge is 0.495 e. The van der Waals surface area contributed by atoms with Crippen molar-refractivity contribution in [3.8, 4) is 11.6 Å². The fourth-order valence-corrected chi connectivity index (χ4v) is 5.12. The molecule has 0 spiro atoms. The molecule has 2 aliphatic heterocycles. The van der Waals surface area contributed by atoms with Gasteiger partial charge in [-0.25, -0.2) is 0 Å². The minimum atomic E-state index is 0.500. The van der Waals surface area contributed by atoms with E-state index in [1.807, 2.05) is 18.3 Å². The lowest BCUT2D eigenvalue weighted by Gasteiger charge is -2.37. The van der Waals surface area contributed by atoms with E-state index in [9.17, 15) is 0 Å². The summed E-state index contributed by atoms with van der Waals surface area (Å²) in [5.41, 5.74) is 1.12. The summed E-state index contributed by atoms with van der Waals surface area (Å²) < 4.78 is 19.6. The maximum absolute atomic E-state index is 5.52. The minimum Gasteiger partial charge on any atom is -0.495 e. The van der Waals surface area contributed by atoms with Crippen LogP contribution in [0.2, 0.25) is 0 Å². The molecule has 152 valence electrons. The van der Waals surface area contributed by atoms with Gasteiger partial charge in [-0.3, -0.25) is 4.98 Å². The van der Waals surface area contributed by atoms with E-state index in [4.69, 9.17) is 9.47 Å². The number of piperidine rings is 1. The zero-order valence-electron chi connectivity index (χ0n) is 16.7. The molecule has 0 bridgehead atoms. The highest BCUT2D eigenvalue weighted by molar-refractivity contribution is 6.99. The average Bonchev–Trinajstić information content (AvgIpc) is 3.10. The summed E-state index contributed by atoms with van der Waals surface area (Å²) in [6.07, 6.45) is 7.77. The second-order valence-electron chi connectivity index (χ2n) is 7.57. The maximum atomic E-state index is 5.52. The molecule has 0 aromatic carbocycles. The maximum Gasteiger partial charge on any atom is 0.270 e. The summed E-state index contributed by atoms with van der Waals surface area (Å²) in [4.78, 5) is 9.63. The number of pyridine rings is 1. The molecule has 0 N–H and O–H groups in total. The van der Waals surface area contributed by atoms with Crippen molar-refractivity contribution in [1.29, 1.82) is 0 Å². The number of nitrogens with zero attached hydrogens (tertiary/aromatic N) is 5. The Labute approximate surface area is 171 Å². The average molecular weight is 404 g/mol. The zero-order valence-corrected chi connectivity index (χ0v) is 17.5. The number of likely N-dealkylation sites (tertiary alicyclic amines) is 1. The topological polar surface area (TPSA) is 63.6 Å². The molecule has 0 aliphatic carbocycles. The summed E-state index contributed by atoms with van der Waals surface area (Å²) >= 11 is 1.23. The van der Waals surface area contributed by atoms with E-state index in [2.05, 4.69) is 23.5 Å². The lowest BCUT2D eigenvalue weighted by atomic mass is 9.91. The second-order valence-corrected chi connectivity index (χ2v) is 8.10. The molecule has 2 saturated heterocycles. The van der Waals surface area contributed by atoms with Gasteiger partial charge >= 0.3 is 0 Å². The van der Waals surface area contributed by atoms with Crippen molar-refractivity contribution in [3.05, 3.63) is 24.0 Å². The van der Waals surface area contributed by atoms with E-state index in [0.717, 1.165) is 62.7 Å². The number of methoxy groups -OCH3 is 2. The van der Waals surface area contributed by atoms with Gasteiger partial charge in [-0.05, 0) is 57.3 Å². The van der Waals surface area contributed by atoms with Crippen LogP contribution in [0.3, 0.4) is 0 Å². The summed E-state index contributed by atoms with van der Waals surface area (Å²) in [7, 11) is 3.40. The van der Waals surface area contributed by atoms with Crippen molar-refractivity contribution in [3.63, 3.8) is 0 Å². The van der Waals surface area contributed by atoms with E-state index >= 15 is 0 Å². The molecule has 1 unspecified atom stereocenters. The van der Waals surface area contributed by atoms with Crippen LogP contribution < -0.4 is 14.4 Å². The molecule has 4 rings (SSSR count). The third-order valence-corrected chi connectivity index (χ3v) is 6.59. The van der Waals surface area contributed by atoms with Crippen LogP contribution in [0.15, 0.2) is 18.3 Å². The van der Waals surface area contributed by atoms with Gasteiger partial charge in [0.05, 0.1) is 31.6 Å². The highest BCUT2D eigenvalue weighted by Crippen LogP contribution is 2.34. The molecule has 4 heterocycles. The fraction of sp³-hybridized carbons (Fsp3) is 0.650. The predicted octanol–water partition coefficient (Wildman–Crippen LogP) is 3.19. The normalized spacial score (nSPS) is 22.1. The summed E-state index contributed by atoms with van der Waals surface area (Å²) in [6, 6.07) is 4.62. The third kappa shape index (κ3) is 4.07. The smallest absolute Gasteiger partial charge is 0.270 e. The quantitative estimate of drug-likeness (QED) is 0.760. The van der Waals surface area contributed by atoms with Crippen LogP contribution in [-0.4, -0.2) is 65.1 Å². The van der Waals surface area contributed by atoms with Crippen LogP contribution >= 0.6 is 11.7 Å². The van der Waals surface area contributed by atoms with E-state index in [1.165, 1.54) is 24.6 Å². The van der Waals surface area contributed by atoms with Crippen molar-refractivity contribution in [2.24, 2.45) is 0 Å². The first-order chi connectivity index (χ1) is 13.8. The second kappa shape index (κ2) is 9.05. The van der Waals surface area contributed by atoms with Gasteiger partial charge < -0.3 is 19.3 Å². The van der Waals surface area contributed by atoms with Crippen molar-refractivity contribution < 1.29 is 9.47 Å². The number of anilines is 1. The fourth-order valence-electron chi connectivity index (χ4n) is 4.57. The van der Waals surface area contributed by atoms with Crippen molar-refractivity contribution >= 4 is 17.5 Å². The molecule has 28 heavy (non-hydrogen) atoms. The third-order valence-electron chi connectivity index (χ3n) is 6.09. The molecular weight excluding hydrogens is 374 g/mol. The monoisotopic (exact) mass is 403 g/mol. The van der Waals surface area contributed by atoms with Gasteiger partial charge in [0.1, 0.15) is 5.75 Å². The van der Waals surface area contributed by atoms with Gasteiger partial charge in [0, 0.05) is 31.2 Å². The van der Waals surface area contributed by atoms with Crippen LogP contribution in [0.4, 0.5) is 5.82 Å². The zero-order chi connectivity index (χ0) is 19.3. The molecule has 2 fully saturated rings.